The molecular formula is C9H17NO2. The molecule has 0 spiro atoms. The topological polar surface area (TPSA) is 38.3 Å². The molecule has 0 radical (unpaired) electrons. The summed E-state index contributed by atoms with van der Waals surface area (Å²) >= 11 is 0. The molecule has 12 heavy (non-hydrogen) atoms. The molecule has 0 aromatic rings. The third kappa shape index (κ3) is 2.21. The molecule has 1 aliphatic heterocycles. The van der Waals surface area contributed by atoms with Crippen molar-refractivity contribution in [2.45, 2.75) is 32.7 Å². The average molecular weight is 171 g/mol. The van der Waals surface area contributed by atoms with E-state index in [0.29, 0.717) is 6.61 Å². The van der Waals surface area contributed by atoms with Gasteiger partial charge in [0.1, 0.15) is 0 Å². The highest BCUT2D eigenvalue weighted by molar-refractivity contribution is 5.73. The zero-order valence-corrected chi connectivity index (χ0v) is 7.80. The van der Waals surface area contributed by atoms with Gasteiger partial charge in [-0.3, -0.25) is 4.79 Å². The molecule has 1 N–H and O–H groups in total. The van der Waals surface area contributed by atoms with Crippen molar-refractivity contribution >= 4 is 5.97 Å². The number of hydrogen-bond donors (Lipinski definition) is 1. The second-order valence-corrected chi connectivity index (χ2v) is 3.24. The first-order valence-electron chi connectivity index (χ1n) is 4.65. The van der Waals surface area contributed by atoms with Crippen LogP contribution in [-0.2, 0) is 9.53 Å². The van der Waals surface area contributed by atoms with Crippen molar-refractivity contribution in [2.24, 2.45) is 5.92 Å². The largest absolute Gasteiger partial charge is 0.466 e. The fraction of sp³-hybridized carbons (Fsp3) is 0.889. The van der Waals surface area contributed by atoms with E-state index < -0.39 is 0 Å². The van der Waals surface area contributed by atoms with Crippen LogP contribution in [0.25, 0.3) is 0 Å². The fourth-order valence-corrected chi connectivity index (χ4v) is 1.62. The van der Waals surface area contributed by atoms with Crippen LogP contribution in [0.1, 0.15) is 26.7 Å². The Morgan fingerprint density at radius 3 is 3.00 bits per heavy atom. The fourth-order valence-electron chi connectivity index (χ4n) is 1.62. The molecule has 3 nitrogen and oxygen atoms in total. The van der Waals surface area contributed by atoms with Crippen LogP contribution in [-0.4, -0.2) is 25.2 Å². The van der Waals surface area contributed by atoms with Crippen molar-refractivity contribution in [3.05, 3.63) is 0 Å². The Bertz CT molecular complexity index is 159. The number of nitrogens with one attached hydrogen (secondary N) is 1. The quantitative estimate of drug-likeness (QED) is 0.628. The average Bonchev–Trinajstić information content (AvgIpc) is 2.05. The summed E-state index contributed by atoms with van der Waals surface area (Å²) < 4.78 is 4.97. The van der Waals surface area contributed by atoms with E-state index >= 15 is 0 Å². The van der Waals surface area contributed by atoms with Gasteiger partial charge in [0.15, 0.2) is 0 Å². The second-order valence-electron chi connectivity index (χ2n) is 3.24. The molecule has 70 valence electrons. The van der Waals surface area contributed by atoms with Gasteiger partial charge >= 0.3 is 5.97 Å². The lowest BCUT2D eigenvalue weighted by Crippen LogP contribution is -2.43. The summed E-state index contributed by atoms with van der Waals surface area (Å²) in [5.74, 6) is 0.0240. The van der Waals surface area contributed by atoms with Crippen molar-refractivity contribution in [3.63, 3.8) is 0 Å². The predicted molar refractivity (Wildman–Crippen MR) is 46.8 cm³/mol. The summed E-state index contributed by atoms with van der Waals surface area (Å²) in [6.07, 6.45) is 2.04. The van der Waals surface area contributed by atoms with Gasteiger partial charge in [0.2, 0.25) is 0 Å². The van der Waals surface area contributed by atoms with Crippen LogP contribution in [0.15, 0.2) is 0 Å². The molecular weight excluding hydrogens is 154 g/mol. The normalized spacial score (nSPS) is 29.8. The van der Waals surface area contributed by atoms with Crippen LogP contribution < -0.4 is 5.32 Å². The van der Waals surface area contributed by atoms with E-state index in [-0.39, 0.29) is 17.9 Å². The zero-order chi connectivity index (χ0) is 8.97. The first-order valence-corrected chi connectivity index (χ1v) is 4.65. The van der Waals surface area contributed by atoms with E-state index in [2.05, 4.69) is 5.32 Å². The monoisotopic (exact) mass is 171 g/mol. The molecule has 0 aromatic heterocycles. The summed E-state index contributed by atoms with van der Waals surface area (Å²) in [4.78, 5) is 11.3. The van der Waals surface area contributed by atoms with Crippen LogP contribution in [0.2, 0.25) is 0 Å². The van der Waals surface area contributed by atoms with E-state index in [1.807, 2.05) is 13.8 Å². The van der Waals surface area contributed by atoms with Crippen molar-refractivity contribution in [3.8, 4) is 0 Å². The first kappa shape index (κ1) is 9.52. The van der Waals surface area contributed by atoms with Crippen LogP contribution in [0.3, 0.4) is 0 Å². The summed E-state index contributed by atoms with van der Waals surface area (Å²) in [7, 11) is 0. The lowest BCUT2D eigenvalue weighted by atomic mass is 9.92. The summed E-state index contributed by atoms with van der Waals surface area (Å²) in [5.41, 5.74) is 0. The Morgan fingerprint density at radius 1 is 1.67 bits per heavy atom. The minimum absolute atomic E-state index is 0.0443. The van der Waals surface area contributed by atoms with Gasteiger partial charge in [0, 0.05) is 6.04 Å². The van der Waals surface area contributed by atoms with Crippen molar-refractivity contribution < 1.29 is 9.53 Å². The molecule has 0 aromatic carbocycles. The molecule has 0 saturated carbocycles. The third-order valence-electron chi connectivity index (χ3n) is 2.35. The molecule has 3 heteroatoms. The minimum atomic E-state index is -0.0443. The smallest absolute Gasteiger partial charge is 0.310 e. The molecule has 1 rings (SSSR count). The van der Waals surface area contributed by atoms with E-state index in [4.69, 9.17) is 4.74 Å². The van der Waals surface area contributed by atoms with Gasteiger partial charge in [-0.15, -0.1) is 0 Å². The maximum absolute atomic E-state index is 11.3. The number of hydrogen-bond acceptors (Lipinski definition) is 3. The van der Waals surface area contributed by atoms with E-state index in [1.165, 1.54) is 0 Å². The molecule has 1 saturated heterocycles. The maximum Gasteiger partial charge on any atom is 0.310 e. The van der Waals surface area contributed by atoms with Crippen LogP contribution in [0, 0.1) is 5.92 Å². The van der Waals surface area contributed by atoms with Crippen molar-refractivity contribution in [2.75, 3.05) is 13.2 Å². The number of ether oxygens (including phenoxy) is 1. The molecule has 0 amide bonds. The van der Waals surface area contributed by atoms with Crippen molar-refractivity contribution in [1.82, 2.24) is 5.32 Å². The van der Waals surface area contributed by atoms with E-state index in [0.717, 1.165) is 19.4 Å². The van der Waals surface area contributed by atoms with Gasteiger partial charge in [-0.1, -0.05) is 0 Å². The number of carbonyl (C=O) groups is 1. The number of rotatable bonds is 2. The molecule has 0 bridgehead atoms. The Kier molecular flexibility index (Phi) is 3.53. The zero-order valence-electron chi connectivity index (χ0n) is 7.80. The summed E-state index contributed by atoms with van der Waals surface area (Å²) in [6.45, 7) is 5.40. The van der Waals surface area contributed by atoms with Gasteiger partial charge in [0.05, 0.1) is 12.5 Å². The highest BCUT2D eigenvalue weighted by Crippen LogP contribution is 2.17. The molecule has 1 aliphatic rings. The third-order valence-corrected chi connectivity index (χ3v) is 2.35. The maximum atomic E-state index is 11.3. The van der Waals surface area contributed by atoms with Gasteiger partial charge in [0.25, 0.3) is 0 Å². The highest BCUT2D eigenvalue weighted by Gasteiger charge is 2.28. The lowest BCUT2D eigenvalue weighted by Gasteiger charge is -2.27. The first-order chi connectivity index (χ1) is 5.75. The Morgan fingerprint density at radius 2 is 2.42 bits per heavy atom. The summed E-state index contributed by atoms with van der Waals surface area (Å²) in [6, 6.07) is 0.276. The molecule has 0 unspecified atom stereocenters. The molecule has 1 heterocycles. The summed E-state index contributed by atoms with van der Waals surface area (Å²) in [5, 5.41) is 3.27. The van der Waals surface area contributed by atoms with Crippen LogP contribution in [0.4, 0.5) is 0 Å². The van der Waals surface area contributed by atoms with Crippen molar-refractivity contribution in [1.29, 1.82) is 0 Å². The number of esters is 1. The minimum Gasteiger partial charge on any atom is -0.466 e. The number of piperidine rings is 1. The Hall–Kier alpha value is -0.570. The molecule has 0 aliphatic carbocycles. The van der Waals surface area contributed by atoms with Gasteiger partial charge in [-0.2, -0.15) is 0 Å². The Labute approximate surface area is 73.5 Å². The predicted octanol–water partition coefficient (Wildman–Crippen LogP) is 0.938. The van der Waals surface area contributed by atoms with E-state index in [9.17, 15) is 4.79 Å². The van der Waals surface area contributed by atoms with Gasteiger partial charge < -0.3 is 10.1 Å². The van der Waals surface area contributed by atoms with E-state index in [1.54, 1.807) is 0 Å². The van der Waals surface area contributed by atoms with Crippen LogP contribution >= 0.6 is 0 Å². The van der Waals surface area contributed by atoms with Gasteiger partial charge in [-0.05, 0) is 33.2 Å². The lowest BCUT2D eigenvalue weighted by molar-refractivity contribution is -0.149. The highest BCUT2D eigenvalue weighted by atomic mass is 16.5. The second kappa shape index (κ2) is 4.45. The molecule has 1 fully saturated rings. The SMILES string of the molecule is CCOC(=O)[C@H]1CCCN[C@@H]1C. The Balaban J connectivity index is 2.42. The van der Waals surface area contributed by atoms with Crippen LogP contribution in [0.5, 0.6) is 0 Å². The molecule has 2 atom stereocenters. The standard InChI is InChI=1S/C9H17NO2/c1-3-12-9(11)8-5-4-6-10-7(8)2/h7-8,10H,3-6H2,1-2H3/t7-,8+/m1/s1. The van der Waals surface area contributed by atoms with Gasteiger partial charge in [-0.25, -0.2) is 0 Å². The number of carbonyl (C=O) groups excluding carboxylic acids is 1.